The molecular formula is C40H49N3O6. The van der Waals surface area contributed by atoms with E-state index in [0.717, 1.165) is 74.0 Å². The van der Waals surface area contributed by atoms with Crippen LogP contribution in [-0.4, -0.2) is 68.0 Å². The molecule has 2 fully saturated rings. The summed E-state index contributed by atoms with van der Waals surface area (Å²) in [6.45, 7) is 7.37. The quantitative estimate of drug-likeness (QED) is 0.284. The first kappa shape index (κ1) is 33.2. The summed E-state index contributed by atoms with van der Waals surface area (Å²) in [5.41, 5.74) is 5.63. The number of hydrogen-bond acceptors (Lipinski definition) is 5. The van der Waals surface area contributed by atoms with Gasteiger partial charge in [0, 0.05) is 42.0 Å². The molecular weight excluding hydrogens is 618 g/mol. The summed E-state index contributed by atoms with van der Waals surface area (Å²) >= 11 is 0. The van der Waals surface area contributed by atoms with E-state index in [1.807, 2.05) is 54.8 Å². The van der Waals surface area contributed by atoms with Crippen molar-refractivity contribution in [3.63, 3.8) is 0 Å². The molecule has 4 aliphatic rings. The number of fused-ring (bicyclic) bond motifs is 4. The van der Waals surface area contributed by atoms with Crippen LogP contribution in [0.15, 0.2) is 54.6 Å². The smallest absolute Gasteiger partial charge is 0.410 e. The average Bonchev–Trinajstić information content (AvgIpc) is 3.61. The van der Waals surface area contributed by atoms with Crippen molar-refractivity contribution < 1.29 is 29.0 Å². The third kappa shape index (κ3) is 6.44. The maximum Gasteiger partial charge on any atom is 0.410 e. The molecule has 1 spiro atoms. The number of aromatic nitrogens is 1. The molecule has 3 aromatic rings. The number of benzene rings is 2. The Labute approximate surface area is 289 Å². The highest BCUT2D eigenvalue weighted by atomic mass is 16.6. The van der Waals surface area contributed by atoms with Crippen LogP contribution < -0.4 is 0 Å². The van der Waals surface area contributed by atoms with Gasteiger partial charge in [-0.2, -0.15) is 0 Å². The van der Waals surface area contributed by atoms with Gasteiger partial charge in [-0.15, -0.1) is 0 Å². The number of ether oxygens (including phenoxy) is 2. The first-order valence-corrected chi connectivity index (χ1v) is 18.1. The van der Waals surface area contributed by atoms with Crippen LogP contribution in [0.5, 0.6) is 0 Å². The third-order valence-electron chi connectivity index (χ3n) is 11.2. The topological polar surface area (TPSA) is 101 Å². The molecule has 9 nitrogen and oxygen atoms in total. The maximum absolute atomic E-state index is 14.5. The number of carbonyl (C=O) groups excluding carboxylic acids is 2. The Bertz CT molecular complexity index is 1690. The Balaban J connectivity index is 1.20. The lowest BCUT2D eigenvalue weighted by molar-refractivity contribution is -0.0461. The number of rotatable bonds is 6. The molecule has 1 unspecified atom stereocenters. The van der Waals surface area contributed by atoms with Crippen LogP contribution in [0.4, 0.5) is 9.59 Å². The molecule has 3 heterocycles. The van der Waals surface area contributed by atoms with Crippen molar-refractivity contribution in [3.8, 4) is 11.1 Å². The Hall–Kier alpha value is -4.27. The van der Waals surface area contributed by atoms with Gasteiger partial charge < -0.3 is 24.0 Å². The van der Waals surface area contributed by atoms with Gasteiger partial charge in [0.1, 0.15) is 12.2 Å². The lowest BCUT2D eigenvalue weighted by Gasteiger charge is -2.53. The highest BCUT2D eigenvalue weighted by Gasteiger charge is 2.49. The van der Waals surface area contributed by atoms with Crippen molar-refractivity contribution in [2.75, 3.05) is 13.2 Å². The predicted octanol–water partition coefficient (Wildman–Crippen LogP) is 8.38. The molecule has 2 aromatic carbocycles. The molecule has 49 heavy (non-hydrogen) atoms. The van der Waals surface area contributed by atoms with E-state index < -0.39 is 23.2 Å². The van der Waals surface area contributed by atoms with Crippen LogP contribution in [0, 0.1) is 0 Å². The number of carbonyl (C=O) groups is 3. The largest absolute Gasteiger partial charge is 0.478 e. The fraction of sp³-hybridized carbons (Fsp3) is 0.525. The summed E-state index contributed by atoms with van der Waals surface area (Å²) in [6.07, 6.45) is 8.07. The van der Waals surface area contributed by atoms with Crippen molar-refractivity contribution >= 4 is 18.2 Å². The minimum absolute atomic E-state index is 0.0726. The minimum atomic E-state index is -0.934. The number of carboxylic acid groups (broad SMARTS) is 1. The zero-order chi connectivity index (χ0) is 34.3. The summed E-state index contributed by atoms with van der Waals surface area (Å²) in [5, 5.41) is 10.1. The Morgan fingerprint density at radius 2 is 1.59 bits per heavy atom. The van der Waals surface area contributed by atoms with E-state index in [0.29, 0.717) is 31.4 Å². The van der Waals surface area contributed by atoms with Crippen LogP contribution in [-0.2, 0) is 29.0 Å². The summed E-state index contributed by atoms with van der Waals surface area (Å²) < 4.78 is 14.3. The number of nitrogens with zero attached hydrogens (tertiary/aromatic N) is 3. The molecule has 0 bridgehead atoms. The average molecular weight is 668 g/mol. The number of aromatic carboxylic acids is 1. The lowest BCUT2D eigenvalue weighted by Crippen LogP contribution is -2.62. The molecule has 1 saturated carbocycles. The molecule has 0 radical (unpaired) electrons. The van der Waals surface area contributed by atoms with Crippen molar-refractivity contribution in [1.29, 1.82) is 0 Å². The van der Waals surface area contributed by atoms with E-state index in [4.69, 9.17) is 9.47 Å². The molecule has 1 aromatic heterocycles. The van der Waals surface area contributed by atoms with Crippen molar-refractivity contribution in [3.05, 3.63) is 82.7 Å². The molecule has 2 aliphatic heterocycles. The lowest BCUT2D eigenvalue weighted by atomic mass is 9.73. The van der Waals surface area contributed by atoms with Gasteiger partial charge in [0.15, 0.2) is 0 Å². The number of hydrogen-bond donors (Lipinski definition) is 1. The second-order valence-corrected chi connectivity index (χ2v) is 15.4. The normalized spacial score (nSPS) is 19.9. The van der Waals surface area contributed by atoms with Gasteiger partial charge in [-0.25, -0.2) is 14.4 Å². The van der Waals surface area contributed by atoms with E-state index in [1.54, 1.807) is 6.07 Å². The van der Waals surface area contributed by atoms with Gasteiger partial charge in [0.2, 0.25) is 0 Å². The first-order valence-electron chi connectivity index (χ1n) is 18.1. The summed E-state index contributed by atoms with van der Waals surface area (Å²) in [5.74, 6) is -1.01. The molecule has 2 aliphatic carbocycles. The van der Waals surface area contributed by atoms with Crippen LogP contribution in [0.1, 0.15) is 117 Å². The minimum Gasteiger partial charge on any atom is -0.478 e. The maximum atomic E-state index is 14.5. The van der Waals surface area contributed by atoms with Crippen molar-refractivity contribution in [2.24, 2.45) is 0 Å². The Morgan fingerprint density at radius 3 is 2.24 bits per heavy atom. The fourth-order valence-electron chi connectivity index (χ4n) is 8.99. The number of amides is 2. The zero-order valence-corrected chi connectivity index (χ0v) is 29.1. The van der Waals surface area contributed by atoms with Gasteiger partial charge in [-0.1, -0.05) is 67.8 Å². The second kappa shape index (κ2) is 13.2. The van der Waals surface area contributed by atoms with E-state index >= 15 is 0 Å². The number of carboxylic acids is 1. The fourth-order valence-corrected chi connectivity index (χ4v) is 8.99. The van der Waals surface area contributed by atoms with Gasteiger partial charge in [-0.3, -0.25) is 4.90 Å². The van der Waals surface area contributed by atoms with E-state index in [1.165, 1.54) is 11.1 Å². The predicted molar refractivity (Wildman–Crippen MR) is 187 cm³/mol. The number of likely N-dealkylation sites (tertiary alicyclic amines) is 1. The SMILES string of the molecule is CC(C)(C)OC(=O)N1CCC(N(Cc2cc(C(=O)O)c3n2CCCC3)C(=O)OCC2c3ccccc3-c3ccccc32)CC12CCCCC2. The first-order chi connectivity index (χ1) is 23.5. The summed E-state index contributed by atoms with van der Waals surface area (Å²) in [7, 11) is 0. The second-order valence-electron chi connectivity index (χ2n) is 15.4. The van der Waals surface area contributed by atoms with Gasteiger partial charge in [0.25, 0.3) is 0 Å². The highest BCUT2D eigenvalue weighted by Crippen LogP contribution is 2.46. The van der Waals surface area contributed by atoms with Crippen molar-refractivity contribution in [2.45, 2.75) is 121 Å². The van der Waals surface area contributed by atoms with E-state index in [2.05, 4.69) is 28.8 Å². The third-order valence-corrected chi connectivity index (χ3v) is 11.2. The van der Waals surface area contributed by atoms with Crippen molar-refractivity contribution in [1.82, 2.24) is 14.4 Å². The molecule has 1 N–H and O–H groups in total. The van der Waals surface area contributed by atoms with Gasteiger partial charge in [0.05, 0.1) is 12.1 Å². The summed E-state index contributed by atoms with van der Waals surface area (Å²) in [4.78, 5) is 44.2. The molecule has 1 saturated heterocycles. The Morgan fingerprint density at radius 1 is 0.918 bits per heavy atom. The molecule has 1 atom stereocenters. The van der Waals surface area contributed by atoms with Gasteiger partial charge >= 0.3 is 18.2 Å². The standard InChI is InChI=1S/C40H49N3O6/c1-39(2,3)49-38(47)43-22-18-27(24-40(43)19-10-4-11-20-40)42(25-28-23-33(36(44)45)35-17-9-12-21-41(28)35)37(46)48-26-34-31-15-7-5-13-29(31)30-14-6-8-16-32(30)34/h5-8,13-16,23,27,34H,4,9-12,17-22,24-26H2,1-3H3,(H,44,45). The molecule has 7 rings (SSSR count). The highest BCUT2D eigenvalue weighted by molar-refractivity contribution is 5.89. The molecule has 260 valence electrons. The monoisotopic (exact) mass is 667 g/mol. The van der Waals surface area contributed by atoms with Crippen LogP contribution in [0.3, 0.4) is 0 Å². The van der Waals surface area contributed by atoms with Crippen LogP contribution in [0.25, 0.3) is 11.1 Å². The number of piperidine rings is 1. The van der Waals surface area contributed by atoms with Crippen LogP contribution >= 0.6 is 0 Å². The van der Waals surface area contributed by atoms with E-state index in [-0.39, 0.29) is 31.2 Å². The Kier molecular flexibility index (Phi) is 8.96. The van der Waals surface area contributed by atoms with Gasteiger partial charge in [-0.05, 0) is 94.0 Å². The van der Waals surface area contributed by atoms with Crippen LogP contribution in [0.2, 0.25) is 0 Å². The zero-order valence-electron chi connectivity index (χ0n) is 29.1. The molecule has 2 amide bonds. The molecule has 9 heteroatoms. The summed E-state index contributed by atoms with van der Waals surface area (Å²) in [6, 6.07) is 18.2. The van der Waals surface area contributed by atoms with E-state index in [9.17, 15) is 19.5 Å².